The monoisotopic (exact) mass is 374 g/mol. The highest BCUT2D eigenvalue weighted by atomic mass is 32.1. The van der Waals surface area contributed by atoms with Gasteiger partial charge in [-0.25, -0.2) is 4.98 Å². The lowest BCUT2D eigenvalue weighted by molar-refractivity contribution is -0.136. The fourth-order valence-electron chi connectivity index (χ4n) is 2.01. The van der Waals surface area contributed by atoms with Crippen LogP contribution in [-0.4, -0.2) is 27.0 Å². The van der Waals surface area contributed by atoms with E-state index < -0.39 is 5.97 Å². The zero-order chi connectivity index (χ0) is 17.6. The van der Waals surface area contributed by atoms with E-state index in [2.05, 4.69) is 20.6 Å². The van der Waals surface area contributed by atoms with E-state index in [0.29, 0.717) is 22.2 Å². The number of pyridine rings is 1. The molecule has 0 unspecified atom stereocenters. The Balaban J connectivity index is 1.57. The number of aliphatic carboxylic acids is 1. The lowest BCUT2D eigenvalue weighted by Gasteiger charge is -2.03. The maximum absolute atomic E-state index is 12.3. The van der Waals surface area contributed by atoms with Crippen molar-refractivity contribution >= 4 is 45.4 Å². The molecule has 0 bridgehead atoms. The van der Waals surface area contributed by atoms with Crippen molar-refractivity contribution < 1.29 is 14.7 Å². The molecule has 3 rings (SSSR count). The lowest BCUT2D eigenvalue weighted by atomic mass is 10.3. The number of carboxylic acid groups (broad SMARTS) is 1. The molecule has 3 aromatic heterocycles. The van der Waals surface area contributed by atoms with Crippen molar-refractivity contribution in [3.63, 3.8) is 0 Å². The van der Waals surface area contributed by atoms with Crippen LogP contribution in [0, 0.1) is 0 Å². The first kappa shape index (κ1) is 17.1. The van der Waals surface area contributed by atoms with Gasteiger partial charge in [-0.2, -0.15) is 0 Å². The molecule has 9 heteroatoms. The molecule has 0 atom stereocenters. The molecular weight excluding hydrogens is 360 g/mol. The summed E-state index contributed by atoms with van der Waals surface area (Å²) in [4.78, 5) is 32.6. The number of amides is 1. The predicted molar refractivity (Wildman–Crippen MR) is 97.3 cm³/mol. The summed E-state index contributed by atoms with van der Waals surface area (Å²) < 4.78 is 0. The average molecular weight is 374 g/mol. The first-order valence-electron chi connectivity index (χ1n) is 7.30. The standard InChI is InChI=1S/C16H14N4O3S2/c21-14(22)6-11-9-24-16(19-11)20-15(23)13-4-3-12(25-13)8-18-10-2-1-5-17-7-10/h1-5,7,9,18H,6,8H2,(H,21,22)(H,19,20,23). The maximum atomic E-state index is 12.3. The Bertz CT molecular complexity index is 876. The fourth-order valence-corrected chi connectivity index (χ4v) is 3.56. The molecule has 0 spiro atoms. The maximum Gasteiger partial charge on any atom is 0.309 e. The van der Waals surface area contributed by atoms with E-state index in [9.17, 15) is 9.59 Å². The summed E-state index contributed by atoms with van der Waals surface area (Å²) in [6, 6.07) is 7.42. The van der Waals surface area contributed by atoms with Gasteiger partial charge >= 0.3 is 5.97 Å². The fraction of sp³-hybridized carbons (Fsp3) is 0.125. The number of thiophene rings is 1. The molecule has 0 aliphatic heterocycles. The number of carbonyl (C=O) groups is 2. The number of thiazole rings is 1. The summed E-state index contributed by atoms with van der Waals surface area (Å²) >= 11 is 2.59. The zero-order valence-corrected chi connectivity index (χ0v) is 14.6. The normalized spacial score (nSPS) is 10.4. The second-order valence-electron chi connectivity index (χ2n) is 5.03. The molecule has 7 nitrogen and oxygen atoms in total. The van der Waals surface area contributed by atoms with Gasteiger partial charge in [-0.05, 0) is 24.3 Å². The minimum absolute atomic E-state index is 0.157. The molecule has 1 amide bonds. The Morgan fingerprint density at radius 3 is 2.88 bits per heavy atom. The van der Waals surface area contributed by atoms with Crippen LogP contribution in [0.5, 0.6) is 0 Å². The Labute approximate surface area is 151 Å². The summed E-state index contributed by atoms with van der Waals surface area (Å²) in [5.74, 6) is -1.21. The van der Waals surface area contributed by atoms with Crippen LogP contribution < -0.4 is 10.6 Å². The minimum Gasteiger partial charge on any atom is -0.481 e. The van der Waals surface area contributed by atoms with Crippen molar-refractivity contribution in [2.75, 3.05) is 10.6 Å². The average Bonchev–Trinajstić information content (AvgIpc) is 3.23. The molecule has 0 aliphatic rings. The van der Waals surface area contributed by atoms with E-state index in [1.54, 1.807) is 23.8 Å². The molecular formula is C16H14N4O3S2. The number of hydrogen-bond acceptors (Lipinski definition) is 7. The number of aromatic nitrogens is 2. The van der Waals surface area contributed by atoms with Crippen LogP contribution in [0.1, 0.15) is 20.2 Å². The third-order valence-electron chi connectivity index (χ3n) is 3.12. The molecule has 3 N–H and O–H groups in total. The first-order chi connectivity index (χ1) is 12.1. The highest BCUT2D eigenvalue weighted by molar-refractivity contribution is 7.15. The molecule has 0 fully saturated rings. The summed E-state index contributed by atoms with van der Waals surface area (Å²) in [6.07, 6.45) is 3.28. The van der Waals surface area contributed by atoms with Gasteiger partial charge in [0.2, 0.25) is 0 Å². The summed E-state index contributed by atoms with van der Waals surface area (Å²) in [7, 11) is 0. The summed E-state index contributed by atoms with van der Waals surface area (Å²) in [6.45, 7) is 0.601. The van der Waals surface area contributed by atoms with Crippen LogP contribution in [0.25, 0.3) is 0 Å². The van der Waals surface area contributed by atoms with Gasteiger partial charge in [0.15, 0.2) is 5.13 Å². The van der Waals surface area contributed by atoms with Gasteiger partial charge in [-0.15, -0.1) is 22.7 Å². The van der Waals surface area contributed by atoms with Crippen molar-refractivity contribution in [1.82, 2.24) is 9.97 Å². The highest BCUT2D eigenvalue weighted by Gasteiger charge is 2.13. The van der Waals surface area contributed by atoms with Crippen LogP contribution in [0.4, 0.5) is 10.8 Å². The minimum atomic E-state index is -0.952. The lowest BCUT2D eigenvalue weighted by Crippen LogP contribution is -2.10. The number of carboxylic acids is 1. The van der Waals surface area contributed by atoms with E-state index in [4.69, 9.17) is 5.11 Å². The third-order valence-corrected chi connectivity index (χ3v) is 5.01. The van der Waals surface area contributed by atoms with Crippen molar-refractivity contribution in [3.05, 3.63) is 57.5 Å². The smallest absolute Gasteiger partial charge is 0.309 e. The van der Waals surface area contributed by atoms with Gasteiger partial charge in [0.25, 0.3) is 5.91 Å². The van der Waals surface area contributed by atoms with Crippen LogP contribution >= 0.6 is 22.7 Å². The largest absolute Gasteiger partial charge is 0.481 e. The molecule has 25 heavy (non-hydrogen) atoms. The van der Waals surface area contributed by atoms with Gasteiger partial charge < -0.3 is 10.4 Å². The van der Waals surface area contributed by atoms with Crippen molar-refractivity contribution in [3.8, 4) is 0 Å². The molecule has 0 saturated carbocycles. The van der Waals surface area contributed by atoms with Gasteiger partial charge in [-0.1, -0.05) is 0 Å². The number of hydrogen-bond donors (Lipinski definition) is 3. The second-order valence-corrected chi connectivity index (χ2v) is 7.06. The van der Waals surface area contributed by atoms with Gasteiger partial charge in [-0.3, -0.25) is 19.9 Å². The van der Waals surface area contributed by atoms with Crippen LogP contribution in [0.2, 0.25) is 0 Å². The number of rotatable bonds is 7. The second kappa shape index (κ2) is 7.86. The quantitative estimate of drug-likeness (QED) is 0.587. The van der Waals surface area contributed by atoms with Crippen molar-refractivity contribution in [1.29, 1.82) is 0 Å². The number of anilines is 2. The van der Waals surface area contributed by atoms with Crippen LogP contribution in [-0.2, 0) is 17.8 Å². The molecule has 0 saturated heterocycles. The van der Waals surface area contributed by atoms with E-state index in [1.165, 1.54) is 22.7 Å². The molecule has 0 aromatic carbocycles. The molecule has 0 radical (unpaired) electrons. The molecule has 128 valence electrons. The van der Waals surface area contributed by atoms with Crippen molar-refractivity contribution in [2.45, 2.75) is 13.0 Å². The molecule has 3 aromatic rings. The zero-order valence-electron chi connectivity index (χ0n) is 12.9. The van der Waals surface area contributed by atoms with Gasteiger partial charge in [0.1, 0.15) is 0 Å². The Kier molecular flexibility index (Phi) is 5.36. The predicted octanol–water partition coefficient (Wildman–Crippen LogP) is 3.09. The van der Waals surface area contributed by atoms with Gasteiger partial charge in [0.05, 0.1) is 22.7 Å². The van der Waals surface area contributed by atoms with E-state index in [-0.39, 0.29) is 12.3 Å². The Hall–Kier alpha value is -2.78. The Morgan fingerprint density at radius 2 is 2.12 bits per heavy atom. The van der Waals surface area contributed by atoms with Crippen LogP contribution in [0.15, 0.2) is 42.0 Å². The SMILES string of the molecule is O=C(O)Cc1csc(NC(=O)c2ccc(CNc3cccnc3)s2)n1. The van der Waals surface area contributed by atoms with Crippen LogP contribution in [0.3, 0.4) is 0 Å². The van der Waals surface area contributed by atoms with Crippen molar-refractivity contribution in [2.24, 2.45) is 0 Å². The third kappa shape index (κ3) is 4.85. The summed E-state index contributed by atoms with van der Waals surface area (Å²) in [5.41, 5.74) is 1.34. The van der Waals surface area contributed by atoms with E-state index in [0.717, 1.165) is 10.6 Å². The first-order valence-corrected chi connectivity index (χ1v) is 9.00. The molecule has 3 heterocycles. The highest BCUT2D eigenvalue weighted by Crippen LogP contribution is 2.21. The summed E-state index contributed by atoms with van der Waals surface area (Å²) in [5, 5.41) is 16.7. The Morgan fingerprint density at radius 1 is 1.24 bits per heavy atom. The van der Waals surface area contributed by atoms with Gasteiger partial charge in [0, 0.05) is 29.2 Å². The van der Waals surface area contributed by atoms with E-state index in [1.807, 2.05) is 18.2 Å². The van der Waals surface area contributed by atoms with E-state index >= 15 is 0 Å². The topological polar surface area (TPSA) is 104 Å². The molecule has 0 aliphatic carbocycles. The number of nitrogens with zero attached hydrogens (tertiary/aromatic N) is 2. The number of carbonyl (C=O) groups excluding carboxylic acids is 1. The number of nitrogens with one attached hydrogen (secondary N) is 2.